The van der Waals surface area contributed by atoms with Crippen molar-refractivity contribution in [3.63, 3.8) is 0 Å². The number of hydrogen-bond donors (Lipinski definition) is 1. The number of carbonyl (C=O) groups is 1. The summed E-state index contributed by atoms with van der Waals surface area (Å²) in [6.45, 7) is 0.308. The van der Waals surface area contributed by atoms with Crippen LogP contribution in [0.15, 0.2) is 41.3 Å². The average molecular weight is 353 g/mol. The van der Waals surface area contributed by atoms with Crippen molar-refractivity contribution in [2.75, 3.05) is 12.3 Å². The van der Waals surface area contributed by atoms with Gasteiger partial charge in [-0.25, -0.2) is 13.2 Å². The molecule has 0 spiro atoms. The van der Waals surface area contributed by atoms with E-state index in [9.17, 15) is 18.0 Å². The molecule has 0 fully saturated rings. The predicted octanol–water partition coefficient (Wildman–Crippen LogP) is 3.32. The molecule has 1 amide bonds. The summed E-state index contributed by atoms with van der Waals surface area (Å²) in [6.07, 6.45) is 0.542. The molecular weight excluding hydrogens is 339 g/mol. The van der Waals surface area contributed by atoms with Gasteiger partial charge in [0, 0.05) is 18.6 Å². The maximum absolute atomic E-state index is 13.5. The minimum Gasteiger partial charge on any atom is -0.488 e. The molecule has 1 heterocycles. The molecule has 0 aliphatic carbocycles. The number of thioether (sulfide) groups is 1. The Morgan fingerprint density at radius 2 is 1.92 bits per heavy atom. The van der Waals surface area contributed by atoms with Gasteiger partial charge in [0.25, 0.3) is 0 Å². The molecule has 2 aromatic rings. The molecule has 3 rings (SSSR count). The average Bonchev–Trinajstić information content (AvgIpc) is 2.94. The van der Waals surface area contributed by atoms with Gasteiger partial charge in [0.1, 0.15) is 29.3 Å². The molecular formula is C17H14F3NO2S. The first-order chi connectivity index (χ1) is 11.5. The van der Waals surface area contributed by atoms with E-state index in [4.69, 9.17) is 4.74 Å². The lowest BCUT2D eigenvalue weighted by Gasteiger charge is -2.12. The first kappa shape index (κ1) is 16.7. The van der Waals surface area contributed by atoms with E-state index in [2.05, 4.69) is 5.32 Å². The van der Waals surface area contributed by atoms with Crippen molar-refractivity contribution in [1.82, 2.24) is 5.32 Å². The van der Waals surface area contributed by atoms with Gasteiger partial charge >= 0.3 is 0 Å². The van der Waals surface area contributed by atoms with Gasteiger partial charge in [0.15, 0.2) is 0 Å². The molecule has 3 nitrogen and oxygen atoms in total. The minimum atomic E-state index is -1.01. The van der Waals surface area contributed by atoms with Crippen LogP contribution in [-0.2, 0) is 11.2 Å². The zero-order chi connectivity index (χ0) is 17.1. The second-order valence-electron chi connectivity index (χ2n) is 5.34. The van der Waals surface area contributed by atoms with E-state index < -0.39 is 17.5 Å². The number of rotatable bonds is 5. The van der Waals surface area contributed by atoms with E-state index in [1.54, 1.807) is 0 Å². The van der Waals surface area contributed by atoms with Gasteiger partial charge in [-0.1, -0.05) is 18.2 Å². The molecule has 0 bridgehead atoms. The Kier molecular flexibility index (Phi) is 4.99. The minimum absolute atomic E-state index is 0.157. The van der Waals surface area contributed by atoms with E-state index in [-0.39, 0.29) is 22.7 Å². The van der Waals surface area contributed by atoms with Crippen molar-refractivity contribution in [2.24, 2.45) is 0 Å². The van der Waals surface area contributed by atoms with Crippen LogP contribution in [0, 0.1) is 17.5 Å². The lowest BCUT2D eigenvalue weighted by Crippen LogP contribution is -2.35. The van der Waals surface area contributed by atoms with Gasteiger partial charge in [-0.05, 0) is 11.6 Å². The van der Waals surface area contributed by atoms with Gasteiger partial charge in [-0.2, -0.15) is 0 Å². The molecule has 2 aromatic carbocycles. The summed E-state index contributed by atoms with van der Waals surface area (Å²) in [5.74, 6) is -2.75. The Bertz CT molecular complexity index is 721. The third-order valence-electron chi connectivity index (χ3n) is 3.55. The van der Waals surface area contributed by atoms with Crippen LogP contribution in [0.3, 0.4) is 0 Å². The number of ether oxygens (including phenoxy) is 1. The zero-order valence-corrected chi connectivity index (χ0v) is 13.3. The third kappa shape index (κ3) is 3.84. The molecule has 0 saturated carbocycles. The van der Waals surface area contributed by atoms with Crippen molar-refractivity contribution < 1.29 is 22.7 Å². The van der Waals surface area contributed by atoms with E-state index >= 15 is 0 Å². The van der Waals surface area contributed by atoms with Crippen molar-refractivity contribution >= 4 is 17.7 Å². The number of para-hydroxylation sites is 1. The number of halogens is 3. The van der Waals surface area contributed by atoms with E-state index in [0.29, 0.717) is 36.9 Å². The number of hydrogen-bond acceptors (Lipinski definition) is 3. The number of carbonyl (C=O) groups excluding carboxylic acids is 1. The van der Waals surface area contributed by atoms with Crippen LogP contribution >= 0.6 is 11.8 Å². The number of nitrogens with one attached hydrogen (secondary N) is 1. The molecule has 0 radical (unpaired) electrons. The summed E-state index contributed by atoms with van der Waals surface area (Å²) in [6, 6.07) is 8.81. The van der Waals surface area contributed by atoms with Crippen LogP contribution in [0.5, 0.6) is 5.75 Å². The maximum atomic E-state index is 13.5. The topological polar surface area (TPSA) is 38.3 Å². The van der Waals surface area contributed by atoms with Crippen LogP contribution in [-0.4, -0.2) is 24.3 Å². The number of amides is 1. The lowest BCUT2D eigenvalue weighted by molar-refractivity contribution is -0.118. The van der Waals surface area contributed by atoms with Gasteiger partial charge in [0.2, 0.25) is 5.91 Å². The molecule has 126 valence electrons. The van der Waals surface area contributed by atoms with Gasteiger partial charge in [-0.3, -0.25) is 4.79 Å². The monoisotopic (exact) mass is 353 g/mol. The number of fused-ring (bicyclic) bond motifs is 1. The molecule has 24 heavy (non-hydrogen) atoms. The van der Waals surface area contributed by atoms with Crippen molar-refractivity contribution in [1.29, 1.82) is 0 Å². The fourth-order valence-corrected chi connectivity index (χ4v) is 3.22. The Balaban J connectivity index is 1.47. The summed E-state index contributed by atoms with van der Waals surface area (Å²) in [4.78, 5) is 11.5. The van der Waals surface area contributed by atoms with E-state index in [1.807, 2.05) is 24.3 Å². The zero-order valence-electron chi connectivity index (χ0n) is 12.5. The van der Waals surface area contributed by atoms with Crippen LogP contribution in [0.1, 0.15) is 5.56 Å². The van der Waals surface area contributed by atoms with Crippen molar-refractivity contribution in [3.8, 4) is 5.75 Å². The molecule has 1 N–H and O–H groups in total. The molecule has 0 aromatic heterocycles. The standard InChI is InChI=1S/C17H14F3NO2S/c18-11-6-13(19)17(14(20)7-11)24-9-16(22)21-8-12-5-10-3-1-2-4-15(10)23-12/h1-4,6-7,12H,5,8-9H2,(H,21,22). The van der Waals surface area contributed by atoms with Gasteiger partial charge in [-0.15, -0.1) is 11.8 Å². The lowest BCUT2D eigenvalue weighted by atomic mass is 10.1. The fraction of sp³-hybridized carbons (Fsp3) is 0.235. The molecule has 1 aliphatic rings. The number of benzene rings is 2. The fourth-order valence-electron chi connectivity index (χ4n) is 2.45. The molecule has 1 aliphatic heterocycles. The normalized spacial score (nSPS) is 15.7. The third-order valence-corrected chi connectivity index (χ3v) is 4.64. The summed E-state index contributed by atoms with van der Waals surface area (Å²) in [5.41, 5.74) is 1.08. The van der Waals surface area contributed by atoms with Crippen LogP contribution in [0.4, 0.5) is 13.2 Å². The van der Waals surface area contributed by atoms with Crippen molar-refractivity contribution in [2.45, 2.75) is 17.4 Å². The van der Waals surface area contributed by atoms with Crippen LogP contribution in [0.25, 0.3) is 0 Å². The van der Waals surface area contributed by atoms with E-state index in [1.165, 1.54) is 0 Å². The van der Waals surface area contributed by atoms with Crippen LogP contribution in [0.2, 0.25) is 0 Å². The Labute approximate surface area is 141 Å². The second kappa shape index (κ2) is 7.17. The van der Waals surface area contributed by atoms with Gasteiger partial charge < -0.3 is 10.1 Å². The second-order valence-corrected chi connectivity index (χ2v) is 6.33. The first-order valence-corrected chi connectivity index (χ1v) is 8.30. The smallest absolute Gasteiger partial charge is 0.230 e. The highest BCUT2D eigenvalue weighted by molar-refractivity contribution is 8.00. The van der Waals surface area contributed by atoms with Gasteiger partial charge in [0.05, 0.1) is 17.2 Å². The van der Waals surface area contributed by atoms with Crippen molar-refractivity contribution in [3.05, 3.63) is 59.4 Å². The Morgan fingerprint density at radius 3 is 2.62 bits per heavy atom. The van der Waals surface area contributed by atoms with E-state index in [0.717, 1.165) is 11.3 Å². The highest BCUT2D eigenvalue weighted by atomic mass is 32.2. The summed E-state index contributed by atoms with van der Waals surface area (Å²) >= 11 is 0.691. The largest absolute Gasteiger partial charge is 0.488 e. The molecule has 7 heteroatoms. The molecule has 1 atom stereocenters. The Hall–Kier alpha value is -2.15. The highest BCUT2D eigenvalue weighted by Crippen LogP contribution is 2.28. The first-order valence-electron chi connectivity index (χ1n) is 7.31. The quantitative estimate of drug-likeness (QED) is 0.838. The predicted molar refractivity (Wildman–Crippen MR) is 84.6 cm³/mol. The highest BCUT2D eigenvalue weighted by Gasteiger charge is 2.22. The van der Waals surface area contributed by atoms with Crippen LogP contribution < -0.4 is 10.1 Å². The summed E-state index contributed by atoms with van der Waals surface area (Å²) in [7, 11) is 0. The summed E-state index contributed by atoms with van der Waals surface area (Å²) < 4.78 is 45.5. The maximum Gasteiger partial charge on any atom is 0.230 e. The SMILES string of the molecule is O=C(CSc1c(F)cc(F)cc1F)NCC1Cc2ccccc2O1. The molecule has 1 unspecified atom stereocenters. The molecule has 0 saturated heterocycles. The summed E-state index contributed by atoms with van der Waals surface area (Å²) in [5, 5.41) is 2.68. The Morgan fingerprint density at radius 1 is 1.21 bits per heavy atom.